The van der Waals surface area contributed by atoms with Crippen molar-refractivity contribution in [3.8, 4) is 11.4 Å². The summed E-state index contributed by atoms with van der Waals surface area (Å²) in [7, 11) is 0. The molecule has 0 aliphatic heterocycles. The first kappa shape index (κ1) is 13.4. The summed E-state index contributed by atoms with van der Waals surface area (Å²) in [6.45, 7) is 6.43. The average molecular weight is 283 g/mol. The summed E-state index contributed by atoms with van der Waals surface area (Å²) >= 11 is 0. The van der Waals surface area contributed by atoms with Crippen LogP contribution in [0.2, 0.25) is 0 Å². The van der Waals surface area contributed by atoms with Gasteiger partial charge in [-0.05, 0) is 44.5 Å². The molecule has 1 amide bonds. The van der Waals surface area contributed by atoms with Gasteiger partial charge in [-0.2, -0.15) is 9.78 Å². The molecule has 0 spiro atoms. The van der Waals surface area contributed by atoms with Crippen LogP contribution in [-0.4, -0.2) is 31.7 Å². The summed E-state index contributed by atoms with van der Waals surface area (Å²) in [5.41, 5.74) is 4.58. The third kappa shape index (κ3) is 2.29. The third-order valence-corrected chi connectivity index (χ3v) is 3.32. The number of carbonyl (C=O) groups is 1. The number of aromatic nitrogens is 4. The third-order valence-electron chi connectivity index (χ3n) is 3.32. The van der Waals surface area contributed by atoms with Crippen LogP contribution < -0.4 is 5.32 Å². The maximum absolute atomic E-state index is 11.8. The van der Waals surface area contributed by atoms with E-state index in [1.807, 2.05) is 49.6 Å². The molecule has 6 nitrogen and oxygen atoms in total. The van der Waals surface area contributed by atoms with Crippen molar-refractivity contribution in [3.63, 3.8) is 0 Å². The van der Waals surface area contributed by atoms with E-state index in [9.17, 15) is 4.79 Å². The van der Waals surface area contributed by atoms with E-state index in [2.05, 4.69) is 15.4 Å². The number of rotatable bonds is 2. The zero-order chi connectivity index (χ0) is 15.0. The Bertz CT molecular complexity index is 815. The summed E-state index contributed by atoms with van der Waals surface area (Å²) in [6.07, 6.45) is 3.64. The second kappa shape index (κ2) is 5.05. The molecule has 6 heteroatoms. The van der Waals surface area contributed by atoms with E-state index in [1.54, 1.807) is 6.20 Å². The van der Waals surface area contributed by atoms with E-state index < -0.39 is 0 Å². The molecule has 3 aromatic rings. The number of pyridine rings is 1. The summed E-state index contributed by atoms with van der Waals surface area (Å²) in [4.78, 5) is 16.3. The predicted octanol–water partition coefficient (Wildman–Crippen LogP) is 2.39. The van der Waals surface area contributed by atoms with Gasteiger partial charge in [-0.15, -0.1) is 0 Å². The van der Waals surface area contributed by atoms with Crippen molar-refractivity contribution in [2.75, 3.05) is 6.54 Å². The molecule has 0 unspecified atom stereocenters. The van der Waals surface area contributed by atoms with Gasteiger partial charge < -0.3 is 5.32 Å². The SMILES string of the molecule is CCNC(=O)n1ccc(-c2c(C)nc3cc(C)ccn23)n1. The van der Waals surface area contributed by atoms with E-state index in [1.165, 1.54) is 4.68 Å². The van der Waals surface area contributed by atoms with Crippen molar-refractivity contribution in [2.24, 2.45) is 0 Å². The lowest BCUT2D eigenvalue weighted by Crippen LogP contribution is -2.28. The number of imidazole rings is 1. The molecular formula is C15H17N5O. The first-order valence-electron chi connectivity index (χ1n) is 6.89. The molecule has 108 valence electrons. The molecule has 3 heterocycles. The largest absolute Gasteiger partial charge is 0.342 e. The topological polar surface area (TPSA) is 64.2 Å². The molecule has 0 bridgehead atoms. The highest BCUT2D eigenvalue weighted by Gasteiger charge is 2.15. The van der Waals surface area contributed by atoms with Crippen molar-refractivity contribution in [2.45, 2.75) is 20.8 Å². The Labute approximate surface area is 122 Å². The van der Waals surface area contributed by atoms with Crippen LogP contribution in [0.3, 0.4) is 0 Å². The molecule has 0 aliphatic carbocycles. The highest BCUT2D eigenvalue weighted by molar-refractivity contribution is 5.76. The summed E-state index contributed by atoms with van der Waals surface area (Å²) in [5.74, 6) is 0. The molecule has 1 N–H and O–H groups in total. The van der Waals surface area contributed by atoms with Crippen molar-refractivity contribution >= 4 is 11.7 Å². The van der Waals surface area contributed by atoms with Gasteiger partial charge in [-0.1, -0.05) is 0 Å². The highest BCUT2D eigenvalue weighted by Crippen LogP contribution is 2.23. The van der Waals surface area contributed by atoms with Crippen LogP contribution in [0.5, 0.6) is 0 Å². The van der Waals surface area contributed by atoms with Crippen LogP contribution in [0.1, 0.15) is 18.2 Å². The molecular weight excluding hydrogens is 266 g/mol. The van der Waals surface area contributed by atoms with Crippen LogP contribution in [0.15, 0.2) is 30.6 Å². The molecule has 0 fully saturated rings. The van der Waals surface area contributed by atoms with Gasteiger partial charge in [0, 0.05) is 18.9 Å². The maximum Gasteiger partial charge on any atom is 0.342 e. The van der Waals surface area contributed by atoms with Crippen molar-refractivity contribution < 1.29 is 4.79 Å². The zero-order valence-corrected chi connectivity index (χ0v) is 12.3. The quantitative estimate of drug-likeness (QED) is 0.785. The van der Waals surface area contributed by atoms with Gasteiger partial charge in [0.2, 0.25) is 0 Å². The van der Waals surface area contributed by atoms with Gasteiger partial charge in [0.1, 0.15) is 11.3 Å². The van der Waals surface area contributed by atoms with Crippen molar-refractivity contribution in [1.29, 1.82) is 0 Å². The Kier molecular flexibility index (Phi) is 3.21. The smallest absolute Gasteiger partial charge is 0.336 e. The van der Waals surface area contributed by atoms with Crippen LogP contribution in [-0.2, 0) is 0 Å². The summed E-state index contributed by atoms with van der Waals surface area (Å²) in [5, 5.41) is 7.07. The molecule has 21 heavy (non-hydrogen) atoms. The number of amides is 1. The Hall–Kier alpha value is -2.63. The molecule has 0 aromatic carbocycles. The second-order valence-corrected chi connectivity index (χ2v) is 4.96. The number of fused-ring (bicyclic) bond motifs is 1. The molecule has 3 aromatic heterocycles. The normalized spacial score (nSPS) is 11.0. The number of carbonyl (C=O) groups excluding carboxylic acids is 1. The molecule has 0 radical (unpaired) electrons. The van der Waals surface area contributed by atoms with Gasteiger partial charge in [-0.3, -0.25) is 4.40 Å². The number of aryl methyl sites for hydroxylation is 2. The molecule has 0 saturated heterocycles. The van der Waals surface area contributed by atoms with Gasteiger partial charge in [-0.25, -0.2) is 9.78 Å². The first-order valence-corrected chi connectivity index (χ1v) is 6.89. The summed E-state index contributed by atoms with van der Waals surface area (Å²) in [6, 6.07) is 5.65. The van der Waals surface area contributed by atoms with E-state index in [-0.39, 0.29) is 6.03 Å². The predicted molar refractivity (Wildman–Crippen MR) is 80.4 cm³/mol. The van der Waals surface area contributed by atoms with Gasteiger partial charge in [0.15, 0.2) is 0 Å². The fraction of sp³-hybridized carbons (Fsp3) is 0.267. The first-order chi connectivity index (χ1) is 10.1. The van der Waals surface area contributed by atoms with E-state index in [4.69, 9.17) is 0 Å². The van der Waals surface area contributed by atoms with Crippen molar-refractivity contribution in [1.82, 2.24) is 24.5 Å². The van der Waals surface area contributed by atoms with Crippen LogP contribution in [0, 0.1) is 13.8 Å². The molecule has 0 aliphatic rings. The fourth-order valence-electron chi connectivity index (χ4n) is 2.37. The Morgan fingerprint density at radius 1 is 1.29 bits per heavy atom. The monoisotopic (exact) mass is 283 g/mol. The molecule has 0 atom stereocenters. The number of nitrogens with zero attached hydrogens (tertiary/aromatic N) is 4. The Morgan fingerprint density at radius 3 is 2.86 bits per heavy atom. The number of hydrogen-bond donors (Lipinski definition) is 1. The summed E-state index contributed by atoms with van der Waals surface area (Å²) < 4.78 is 3.30. The zero-order valence-electron chi connectivity index (χ0n) is 12.3. The van der Waals surface area contributed by atoms with Gasteiger partial charge in [0.25, 0.3) is 0 Å². The van der Waals surface area contributed by atoms with E-state index >= 15 is 0 Å². The molecule has 0 saturated carbocycles. The highest BCUT2D eigenvalue weighted by atomic mass is 16.2. The standard InChI is InChI=1S/C15H17N5O/c1-4-16-15(21)20-8-6-12(18-20)14-11(3)17-13-9-10(2)5-7-19(13)14/h5-9H,4H2,1-3H3,(H,16,21). The van der Waals surface area contributed by atoms with Crippen LogP contribution >= 0.6 is 0 Å². The lowest BCUT2D eigenvalue weighted by atomic mass is 10.2. The van der Waals surface area contributed by atoms with Crippen LogP contribution in [0.4, 0.5) is 4.79 Å². The minimum absolute atomic E-state index is 0.230. The Morgan fingerprint density at radius 2 is 2.10 bits per heavy atom. The van der Waals surface area contributed by atoms with Gasteiger partial charge >= 0.3 is 6.03 Å². The maximum atomic E-state index is 11.8. The lowest BCUT2D eigenvalue weighted by molar-refractivity contribution is 0.240. The van der Waals surface area contributed by atoms with Crippen molar-refractivity contribution in [3.05, 3.63) is 41.9 Å². The van der Waals surface area contributed by atoms with E-state index in [0.717, 1.165) is 28.3 Å². The average Bonchev–Trinajstić information content (AvgIpc) is 3.02. The Balaban J connectivity index is 2.08. The molecule has 3 rings (SSSR count). The van der Waals surface area contributed by atoms with Crippen LogP contribution in [0.25, 0.3) is 17.0 Å². The lowest BCUT2D eigenvalue weighted by Gasteiger charge is -2.02. The van der Waals surface area contributed by atoms with Gasteiger partial charge in [0.05, 0.1) is 11.4 Å². The minimum atomic E-state index is -0.230. The number of nitrogens with one attached hydrogen (secondary N) is 1. The second-order valence-electron chi connectivity index (χ2n) is 4.96. The minimum Gasteiger partial charge on any atom is -0.336 e. The fourth-order valence-corrected chi connectivity index (χ4v) is 2.37. The number of hydrogen-bond acceptors (Lipinski definition) is 3. The van der Waals surface area contributed by atoms with E-state index in [0.29, 0.717) is 6.54 Å².